The highest BCUT2D eigenvalue weighted by Gasteiger charge is 2.12. The first-order chi connectivity index (χ1) is 9.37. The minimum Gasteiger partial charge on any atom is -0.370 e. The normalized spacial score (nSPS) is 11.5. The first kappa shape index (κ1) is 16.7. The average Bonchev–Trinajstić information content (AvgIpc) is 2.37. The van der Waals surface area contributed by atoms with E-state index in [1.165, 1.54) is 0 Å². The molecule has 0 saturated carbocycles. The van der Waals surface area contributed by atoms with Gasteiger partial charge < -0.3 is 10.6 Å². The summed E-state index contributed by atoms with van der Waals surface area (Å²) in [5.41, 5.74) is 1.45. The molecule has 114 valence electrons. The number of aryl methyl sites for hydroxylation is 1. The van der Waals surface area contributed by atoms with Gasteiger partial charge in [0.25, 0.3) is 0 Å². The second-order valence-electron chi connectivity index (χ2n) is 6.48. The molecule has 1 aromatic heterocycles. The van der Waals surface area contributed by atoms with Crippen LogP contribution in [-0.2, 0) is 6.42 Å². The lowest BCUT2D eigenvalue weighted by molar-refractivity contribution is 0.389. The maximum absolute atomic E-state index is 4.62. The van der Waals surface area contributed by atoms with Crippen molar-refractivity contribution >= 4 is 11.6 Å². The highest BCUT2D eigenvalue weighted by Crippen LogP contribution is 2.22. The van der Waals surface area contributed by atoms with Gasteiger partial charge in [-0.15, -0.1) is 0 Å². The lowest BCUT2D eigenvalue weighted by Gasteiger charge is -2.20. The van der Waals surface area contributed by atoms with Gasteiger partial charge in [0, 0.05) is 25.1 Å². The molecule has 0 aliphatic heterocycles. The summed E-state index contributed by atoms with van der Waals surface area (Å²) >= 11 is 0. The fourth-order valence-electron chi connectivity index (χ4n) is 1.86. The minimum atomic E-state index is 0.338. The van der Waals surface area contributed by atoms with Gasteiger partial charge in [-0.1, -0.05) is 34.6 Å². The van der Waals surface area contributed by atoms with Crippen molar-refractivity contribution in [3.8, 4) is 0 Å². The van der Waals surface area contributed by atoms with Crippen LogP contribution in [0, 0.1) is 12.3 Å². The molecule has 4 heteroatoms. The fourth-order valence-corrected chi connectivity index (χ4v) is 1.86. The Morgan fingerprint density at radius 3 is 1.95 bits per heavy atom. The fraction of sp³-hybridized carbons (Fsp3) is 0.750. The van der Waals surface area contributed by atoms with Gasteiger partial charge in [-0.25, -0.2) is 9.97 Å². The van der Waals surface area contributed by atoms with Gasteiger partial charge in [0.1, 0.15) is 17.5 Å². The molecule has 0 aliphatic carbocycles. The smallest absolute Gasteiger partial charge is 0.134 e. The van der Waals surface area contributed by atoms with E-state index in [0.717, 1.165) is 55.4 Å². The highest BCUT2D eigenvalue weighted by atomic mass is 15.1. The van der Waals surface area contributed by atoms with Crippen molar-refractivity contribution in [2.45, 2.75) is 60.8 Å². The van der Waals surface area contributed by atoms with Gasteiger partial charge in [0.2, 0.25) is 0 Å². The number of aromatic nitrogens is 2. The maximum Gasteiger partial charge on any atom is 0.134 e. The van der Waals surface area contributed by atoms with E-state index in [4.69, 9.17) is 0 Å². The van der Waals surface area contributed by atoms with Crippen molar-refractivity contribution in [3.63, 3.8) is 0 Å². The monoisotopic (exact) mass is 278 g/mol. The Morgan fingerprint density at radius 2 is 1.50 bits per heavy atom. The quantitative estimate of drug-likeness (QED) is 0.791. The Bertz CT molecular complexity index is 421. The molecule has 0 saturated heterocycles. The summed E-state index contributed by atoms with van der Waals surface area (Å²) in [7, 11) is 0. The number of nitrogens with one attached hydrogen (secondary N) is 2. The first-order valence-electron chi connectivity index (χ1n) is 7.72. The third kappa shape index (κ3) is 5.35. The summed E-state index contributed by atoms with van der Waals surface area (Å²) in [4.78, 5) is 9.20. The second-order valence-corrected chi connectivity index (χ2v) is 6.48. The van der Waals surface area contributed by atoms with Gasteiger partial charge >= 0.3 is 0 Å². The molecule has 2 N–H and O–H groups in total. The van der Waals surface area contributed by atoms with E-state index in [2.05, 4.69) is 62.1 Å². The lowest BCUT2D eigenvalue weighted by Crippen LogP contribution is -2.16. The zero-order chi connectivity index (χ0) is 15.2. The van der Waals surface area contributed by atoms with E-state index in [9.17, 15) is 0 Å². The van der Waals surface area contributed by atoms with Crippen molar-refractivity contribution in [2.24, 2.45) is 5.41 Å². The standard InChI is InChI=1S/C16H30N4/c1-7-10-17-14-12(3)15(20-13(8-2)19-14)18-11-9-16(4,5)6/h7-11H2,1-6H3,(H2,17,18,19,20). The molecular weight excluding hydrogens is 248 g/mol. The number of hydrogen-bond donors (Lipinski definition) is 2. The van der Waals surface area contributed by atoms with Crippen LogP contribution in [-0.4, -0.2) is 23.1 Å². The third-order valence-corrected chi connectivity index (χ3v) is 3.22. The number of anilines is 2. The van der Waals surface area contributed by atoms with E-state index < -0.39 is 0 Å². The van der Waals surface area contributed by atoms with E-state index in [-0.39, 0.29) is 0 Å². The van der Waals surface area contributed by atoms with Crippen LogP contribution in [0.2, 0.25) is 0 Å². The lowest BCUT2D eigenvalue weighted by atomic mass is 9.92. The molecule has 1 heterocycles. The summed E-state index contributed by atoms with van der Waals surface area (Å²) in [6, 6.07) is 0. The molecule has 0 radical (unpaired) electrons. The van der Waals surface area contributed by atoms with Gasteiger partial charge in [-0.2, -0.15) is 0 Å². The highest BCUT2D eigenvalue weighted by molar-refractivity contribution is 5.57. The van der Waals surface area contributed by atoms with Gasteiger partial charge in [-0.3, -0.25) is 0 Å². The Hall–Kier alpha value is -1.32. The third-order valence-electron chi connectivity index (χ3n) is 3.22. The van der Waals surface area contributed by atoms with Gasteiger partial charge in [-0.05, 0) is 25.2 Å². The molecule has 20 heavy (non-hydrogen) atoms. The predicted octanol–water partition coefficient (Wildman–Crippen LogP) is 4.02. The molecule has 0 aliphatic rings. The zero-order valence-corrected chi connectivity index (χ0v) is 13.9. The number of nitrogens with zero attached hydrogens (tertiary/aromatic N) is 2. The van der Waals surface area contributed by atoms with Crippen LogP contribution in [0.15, 0.2) is 0 Å². The van der Waals surface area contributed by atoms with Crippen LogP contribution in [0.4, 0.5) is 11.6 Å². The van der Waals surface area contributed by atoms with Crippen LogP contribution < -0.4 is 10.6 Å². The molecule has 0 bridgehead atoms. The molecule has 0 fully saturated rings. The molecule has 0 amide bonds. The minimum absolute atomic E-state index is 0.338. The number of hydrogen-bond acceptors (Lipinski definition) is 4. The molecule has 0 spiro atoms. The molecule has 0 atom stereocenters. The Morgan fingerprint density at radius 1 is 0.950 bits per heavy atom. The molecule has 0 unspecified atom stereocenters. The molecule has 1 aromatic rings. The zero-order valence-electron chi connectivity index (χ0n) is 13.9. The first-order valence-corrected chi connectivity index (χ1v) is 7.72. The second kappa shape index (κ2) is 7.46. The largest absolute Gasteiger partial charge is 0.370 e. The maximum atomic E-state index is 4.62. The summed E-state index contributed by atoms with van der Waals surface area (Å²) in [5.74, 6) is 2.84. The van der Waals surface area contributed by atoms with Gasteiger partial charge in [0.15, 0.2) is 0 Å². The predicted molar refractivity (Wildman–Crippen MR) is 87.5 cm³/mol. The van der Waals surface area contributed by atoms with Crippen molar-refractivity contribution in [1.29, 1.82) is 0 Å². The van der Waals surface area contributed by atoms with Crippen LogP contribution in [0.1, 0.15) is 58.8 Å². The SMILES string of the molecule is CCCNc1nc(CC)nc(NCCC(C)(C)C)c1C. The summed E-state index contributed by atoms with van der Waals surface area (Å²) in [6.45, 7) is 15.0. The van der Waals surface area contributed by atoms with Crippen molar-refractivity contribution in [2.75, 3.05) is 23.7 Å². The van der Waals surface area contributed by atoms with Crippen molar-refractivity contribution < 1.29 is 0 Å². The van der Waals surface area contributed by atoms with Gasteiger partial charge in [0.05, 0.1) is 0 Å². The topological polar surface area (TPSA) is 49.8 Å². The molecular formula is C16H30N4. The Balaban J connectivity index is 2.82. The molecule has 0 aromatic carbocycles. The Kier molecular flexibility index (Phi) is 6.24. The number of rotatable bonds is 7. The van der Waals surface area contributed by atoms with Crippen molar-refractivity contribution in [3.05, 3.63) is 11.4 Å². The average molecular weight is 278 g/mol. The molecule has 4 nitrogen and oxygen atoms in total. The van der Waals surface area contributed by atoms with Crippen molar-refractivity contribution in [1.82, 2.24) is 9.97 Å². The van der Waals surface area contributed by atoms with Crippen LogP contribution >= 0.6 is 0 Å². The van der Waals surface area contributed by atoms with E-state index >= 15 is 0 Å². The van der Waals surface area contributed by atoms with Crippen LogP contribution in [0.5, 0.6) is 0 Å². The van der Waals surface area contributed by atoms with E-state index in [0.29, 0.717) is 5.41 Å². The van der Waals surface area contributed by atoms with E-state index in [1.807, 2.05) is 0 Å². The van der Waals surface area contributed by atoms with Crippen LogP contribution in [0.25, 0.3) is 0 Å². The molecule has 1 rings (SSSR count). The summed E-state index contributed by atoms with van der Waals surface area (Å²) in [5, 5.41) is 6.86. The summed E-state index contributed by atoms with van der Waals surface area (Å²) < 4.78 is 0. The van der Waals surface area contributed by atoms with Crippen LogP contribution in [0.3, 0.4) is 0 Å². The Labute approximate surface area is 123 Å². The van der Waals surface area contributed by atoms with E-state index in [1.54, 1.807) is 0 Å². The summed E-state index contributed by atoms with van der Waals surface area (Å²) in [6.07, 6.45) is 3.07.